The highest BCUT2D eigenvalue weighted by Gasteiger charge is 2.35. The molecule has 0 radical (unpaired) electrons. The fraction of sp³-hybridized carbons (Fsp3) is 0.800. The Morgan fingerprint density at radius 1 is 1.42 bits per heavy atom. The molecule has 0 N–H and O–H groups in total. The zero-order valence-electron chi connectivity index (χ0n) is 6.48. The lowest BCUT2D eigenvalue weighted by atomic mass is 10.6. The molecule has 0 saturated carbocycles. The summed E-state index contributed by atoms with van der Waals surface area (Å²) in [6.07, 6.45) is 2.04. The molecule has 0 aromatic heterocycles. The van der Waals surface area contributed by atoms with Crippen molar-refractivity contribution in [1.82, 2.24) is 0 Å². The fourth-order valence-corrected chi connectivity index (χ4v) is 2.75. The van der Waals surface area contributed by atoms with Crippen LogP contribution in [0.25, 0.3) is 0 Å². The molecule has 0 saturated heterocycles. The van der Waals surface area contributed by atoms with Crippen molar-refractivity contribution in [3.63, 3.8) is 0 Å². The van der Waals surface area contributed by atoms with E-state index in [-0.39, 0.29) is 6.42 Å². The third-order valence-corrected chi connectivity index (χ3v) is 4.68. The van der Waals surface area contributed by atoms with E-state index >= 15 is 0 Å². The predicted octanol–water partition coefficient (Wildman–Crippen LogP) is 3.61. The van der Waals surface area contributed by atoms with Gasteiger partial charge in [0.15, 0.2) is 0 Å². The Labute approximate surface area is 85.2 Å². The summed E-state index contributed by atoms with van der Waals surface area (Å²) in [7, 11) is -5.30. The van der Waals surface area contributed by atoms with E-state index in [1.54, 1.807) is 0 Å². The Hall–Kier alpha value is 0.797. The Kier molecular flexibility index (Phi) is 6.70. The summed E-state index contributed by atoms with van der Waals surface area (Å²) in [4.78, 5) is 0. The van der Waals surface area contributed by atoms with Gasteiger partial charge in [-0.2, -0.15) is 0 Å². The number of thiocarbonyl (C=S) groups is 1. The van der Waals surface area contributed by atoms with Gasteiger partial charge in [0.1, 0.15) is 3.53 Å². The maximum absolute atomic E-state index is 11.8. The molecule has 0 aliphatic rings. The van der Waals surface area contributed by atoms with E-state index in [4.69, 9.17) is 12.2 Å². The molecule has 0 spiro atoms. The van der Waals surface area contributed by atoms with Crippen molar-refractivity contribution < 1.29 is 12.3 Å². The maximum atomic E-state index is 11.8. The largest absolute Gasteiger partial charge is 0.616 e. The standard InChI is InChI=1S/C5H9F3S3Si/c1-10-5(9)11-3-2-4-12(6,7)8/h2-4H2,1H3. The lowest BCUT2D eigenvalue weighted by Crippen LogP contribution is -2.14. The van der Waals surface area contributed by atoms with Gasteiger partial charge in [0, 0.05) is 6.04 Å². The third-order valence-electron chi connectivity index (χ3n) is 0.991. The average Bonchev–Trinajstić information content (AvgIpc) is 1.96. The number of halogens is 3. The second kappa shape index (κ2) is 6.28. The molecular formula is C5H9F3S3Si. The Bertz CT molecular complexity index is 147. The first-order valence-electron chi connectivity index (χ1n) is 3.23. The highest BCUT2D eigenvalue weighted by Crippen LogP contribution is 2.21. The van der Waals surface area contributed by atoms with Gasteiger partial charge in [0.05, 0.1) is 0 Å². The van der Waals surface area contributed by atoms with E-state index in [1.807, 2.05) is 6.26 Å². The van der Waals surface area contributed by atoms with Gasteiger partial charge < -0.3 is 0 Å². The molecule has 0 aromatic rings. The van der Waals surface area contributed by atoms with Crippen LogP contribution in [0.15, 0.2) is 0 Å². The van der Waals surface area contributed by atoms with Crippen LogP contribution < -0.4 is 0 Å². The van der Waals surface area contributed by atoms with Crippen LogP contribution in [-0.2, 0) is 0 Å². The lowest BCUT2D eigenvalue weighted by Gasteiger charge is -2.01. The van der Waals surface area contributed by atoms with Crippen LogP contribution in [0.2, 0.25) is 6.04 Å². The number of hydrogen-bond donors (Lipinski definition) is 0. The zero-order valence-corrected chi connectivity index (χ0v) is 9.93. The SMILES string of the molecule is CSC(=S)SCCC[Si](F)(F)F. The summed E-state index contributed by atoms with van der Waals surface area (Å²) in [6, 6.07) is -0.572. The molecule has 0 fully saturated rings. The second-order valence-electron chi connectivity index (χ2n) is 2.02. The number of rotatable bonds is 4. The maximum Gasteiger partial charge on any atom is 0.616 e. The molecule has 0 atom stereocenters. The molecule has 72 valence electrons. The summed E-state index contributed by atoms with van der Waals surface area (Å²) in [5.41, 5.74) is 0. The van der Waals surface area contributed by atoms with Crippen molar-refractivity contribution in [2.24, 2.45) is 0 Å². The smallest absolute Gasteiger partial charge is 0.238 e. The first kappa shape index (κ1) is 12.8. The molecule has 0 bridgehead atoms. The van der Waals surface area contributed by atoms with E-state index < -0.39 is 15.1 Å². The zero-order chi connectivity index (χ0) is 9.61. The van der Waals surface area contributed by atoms with Crippen LogP contribution in [0, 0.1) is 0 Å². The van der Waals surface area contributed by atoms with Crippen LogP contribution in [0.4, 0.5) is 12.3 Å². The summed E-state index contributed by atoms with van der Waals surface area (Å²) in [5, 5.41) is 0. The van der Waals surface area contributed by atoms with E-state index in [0.717, 1.165) is 3.53 Å². The molecule has 0 heterocycles. The van der Waals surface area contributed by atoms with Gasteiger partial charge in [0.25, 0.3) is 0 Å². The van der Waals surface area contributed by atoms with E-state index in [0.29, 0.717) is 5.75 Å². The van der Waals surface area contributed by atoms with Gasteiger partial charge in [-0.05, 0) is 18.4 Å². The van der Waals surface area contributed by atoms with Crippen LogP contribution in [0.5, 0.6) is 0 Å². The van der Waals surface area contributed by atoms with Crippen molar-refractivity contribution in [2.75, 3.05) is 12.0 Å². The average molecular weight is 250 g/mol. The molecule has 0 aliphatic heterocycles. The molecular weight excluding hydrogens is 241 g/mol. The van der Waals surface area contributed by atoms with Crippen LogP contribution >= 0.6 is 35.7 Å². The summed E-state index contributed by atoms with van der Waals surface area (Å²) in [5.74, 6) is 0.492. The van der Waals surface area contributed by atoms with Crippen LogP contribution in [0.3, 0.4) is 0 Å². The molecule has 0 aliphatic carbocycles. The first-order chi connectivity index (χ1) is 5.45. The monoisotopic (exact) mass is 250 g/mol. The summed E-state index contributed by atoms with van der Waals surface area (Å²) in [6.45, 7) is 0. The second-order valence-corrected chi connectivity index (χ2v) is 6.86. The lowest BCUT2D eigenvalue weighted by molar-refractivity contribution is 0.467. The third kappa shape index (κ3) is 8.89. The van der Waals surface area contributed by atoms with Crippen molar-refractivity contribution in [3.8, 4) is 0 Å². The quantitative estimate of drug-likeness (QED) is 0.324. The van der Waals surface area contributed by atoms with Crippen LogP contribution in [-0.4, -0.2) is 24.6 Å². The molecule has 0 unspecified atom stereocenters. The van der Waals surface area contributed by atoms with E-state index in [9.17, 15) is 12.3 Å². The molecule has 12 heavy (non-hydrogen) atoms. The van der Waals surface area contributed by atoms with Crippen molar-refractivity contribution in [3.05, 3.63) is 0 Å². The van der Waals surface area contributed by atoms with Gasteiger partial charge in [-0.15, -0.1) is 23.5 Å². The van der Waals surface area contributed by atoms with Gasteiger partial charge >= 0.3 is 9.08 Å². The minimum atomic E-state index is -5.30. The predicted molar refractivity (Wildman–Crippen MR) is 57.1 cm³/mol. The Morgan fingerprint density at radius 3 is 2.42 bits per heavy atom. The molecule has 0 nitrogen and oxygen atoms in total. The number of thioether (sulfide) groups is 2. The first-order valence-corrected chi connectivity index (χ1v) is 7.69. The van der Waals surface area contributed by atoms with Gasteiger partial charge in [-0.25, -0.2) is 12.3 Å². The number of hydrogen-bond acceptors (Lipinski definition) is 3. The highest BCUT2D eigenvalue weighted by molar-refractivity contribution is 8.46. The molecule has 0 aromatic carbocycles. The van der Waals surface area contributed by atoms with E-state index in [2.05, 4.69) is 0 Å². The van der Waals surface area contributed by atoms with E-state index in [1.165, 1.54) is 23.5 Å². The van der Waals surface area contributed by atoms with Gasteiger partial charge in [-0.3, -0.25) is 0 Å². The van der Waals surface area contributed by atoms with Crippen LogP contribution in [0.1, 0.15) is 6.42 Å². The van der Waals surface area contributed by atoms with Crippen molar-refractivity contribution in [1.29, 1.82) is 0 Å². The van der Waals surface area contributed by atoms with Crippen molar-refractivity contribution >= 4 is 48.3 Å². The minimum Gasteiger partial charge on any atom is -0.238 e. The summed E-state index contributed by atoms with van der Waals surface area (Å²) >= 11 is 7.56. The molecule has 0 rings (SSSR count). The van der Waals surface area contributed by atoms with Crippen molar-refractivity contribution in [2.45, 2.75) is 12.5 Å². The molecule has 7 heteroatoms. The highest BCUT2D eigenvalue weighted by atomic mass is 32.2. The Morgan fingerprint density at radius 2 is 2.00 bits per heavy atom. The Balaban J connectivity index is 3.28. The van der Waals surface area contributed by atoms with Gasteiger partial charge in [-0.1, -0.05) is 12.2 Å². The topological polar surface area (TPSA) is 0 Å². The van der Waals surface area contributed by atoms with Gasteiger partial charge in [0.2, 0.25) is 0 Å². The normalized spacial score (nSPS) is 11.7. The summed E-state index contributed by atoms with van der Waals surface area (Å²) < 4.78 is 36.0. The fourth-order valence-electron chi connectivity index (χ4n) is 0.487. The minimum absolute atomic E-state index is 0.209. The molecule has 0 amide bonds.